The third-order valence-electron chi connectivity index (χ3n) is 13.3. The van der Waals surface area contributed by atoms with Crippen LogP contribution in [0.15, 0.2) is 53.6 Å². The Morgan fingerprint density at radius 3 is 2.17 bits per heavy atom. The van der Waals surface area contributed by atoms with E-state index in [0.29, 0.717) is 61.2 Å². The van der Waals surface area contributed by atoms with E-state index in [9.17, 15) is 48.3 Å². The number of nitrogens with zero attached hydrogens (tertiary/aromatic N) is 7. The molecule has 7 N–H and O–H groups in total. The number of anilines is 2. The number of primary amides is 1. The topological polar surface area (TPSA) is 303 Å². The number of ether oxygens (including phenoxy) is 1. The van der Waals surface area contributed by atoms with Crippen LogP contribution >= 0.6 is 0 Å². The van der Waals surface area contributed by atoms with Crippen molar-refractivity contribution in [1.82, 2.24) is 45.3 Å². The smallest absolute Gasteiger partial charge is 0.410 e. The lowest BCUT2D eigenvalue weighted by Crippen LogP contribution is -2.51. The van der Waals surface area contributed by atoms with Gasteiger partial charge in [0.25, 0.3) is 0 Å². The lowest BCUT2D eigenvalue weighted by Gasteiger charge is -2.35. The molecule has 23 nitrogen and oxygen atoms in total. The molecule has 0 aliphatic carbocycles. The number of pyridine rings is 1. The minimum atomic E-state index is -1.39. The average molecular weight is 1040 g/mol. The normalized spacial score (nSPS) is 15.0. The molecule has 0 radical (unpaired) electrons. The quantitative estimate of drug-likeness (QED) is 0.0424. The third-order valence-corrected chi connectivity index (χ3v) is 13.3. The Balaban J connectivity index is 1.02. The Morgan fingerprint density at radius 1 is 0.853 bits per heavy atom. The van der Waals surface area contributed by atoms with E-state index in [-0.39, 0.29) is 106 Å². The monoisotopic (exact) mass is 1040 g/mol. The lowest BCUT2D eigenvalue weighted by molar-refractivity contribution is -0.138. The molecule has 0 spiro atoms. The van der Waals surface area contributed by atoms with Gasteiger partial charge in [0.15, 0.2) is 0 Å². The van der Waals surface area contributed by atoms with E-state index in [2.05, 4.69) is 31.6 Å². The highest BCUT2D eigenvalue weighted by molar-refractivity contribution is 6.02. The van der Waals surface area contributed by atoms with Crippen molar-refractivity contribution in [3.63, 3.8) is 0 Å². The van der Waals surface area contributed by atoms with E-state index in [0.717, 1.165) is 6.07 Å². The summed E-state index contributed by atoms with van der Waals surface area (Å²) in [6.07, 6.45) is 5.15. The van der Waals surface area contributed by atoms with Gasteiger partial charge in [-0.2, -0.15) is 0 Å². The number of nitrogens with two attached hydrogens (primary N) is 1. The maximum atomic E-state index is 15.4. The average Bonchev–Trinajstić information content (AvgIpc) is 3.98. The fourth-order valence-corrected chi connectivity index (χ4v) is 9.02. The second-order valence-corrected chi connectivity index (χ2v) is 19.3. The highest BCUT2D eigenvalue weighted by Gasteiger charge is 2.32. The number of carbonyl (C=O) groups is 8. The van der Waals surface area contributed by atoms with Crippen LogP contribution in [0.1, 0.15) is 120 Å². The summed E-state index contributed by atoms with van der Waals surface area (Å²) >= 11 is 0. The Labute approximate surface area is 432 Å². The molecule has 2 fully saturated rings. The SMILES string of the molecule is CCn1cc(C(=O)O)c(=O)c2cc(F)c(N3CCN(C(=O)OCc4ccc(NC(=O)C(CCCNC(N)=O)n5cc([C@@H](NC(=O)C(NC(=O)CCCCCN6C(=O)CCC6=O)C(C)C)C(C)C)nn5)cc4)CC3)cc21. The number of halogens is 1. The first kappa shape index (κ1) is 56.4. The number of urea groups is 1. The van der Waals surface area contributed by atoms with Gasteiger partial charge in [0.1, 0.15) is 35.8 Å². The number of nitrogens with one attached hydrogen (secondary N) is 4. The van der Waals surface area contributed by atoms with Gasteiger partial charge < -0.3 is 51.2 Å². The van der Waals surface area contributed by atoms with Gasteiger partial charge in [-0.05, 0) is 74.3 Å². The van der Waals surface area contributed by atoms with Crippen molar-refractivity contribution in [3.8, 4) is 0 Å². The number of aromatic carboxylic acids is 1. The van der Waals surface area contributed by atoms with E-state index in [1.807, 2.05) is 27.7 Å². The fourth-order valence-electron chi connectivity index (χ4n) is 9.02. The Morgan fingerprint density at radius 2 is 1.55 bits per heavy atom. The number of unbranched alkanes of at least 4 members (excludes halogenated alkanes) is 2. The zero-order chi connectivity index (χ0) is 54.5. The van der Waals surface area contributed by atoms with Crippen LogP contribution in [-0.2, 0) is 41.9 Å². The molecule has 8 amide bonds. The molecular formula is C51H67FN12O11. The highest BCUT2D eigenvalue weighted by Crippen LogP contribution is 2.28. The summed E-state index contributed by atoms with van der Waals surface area (Å²) in [6.45, 7) is 10.9. The number of benzene rings is 2. The number of hydrogen-bond acceptors (Lipinski definition) is 13. The maximum absolute atomic E-state index is 15.4. The van der Waals surface area contributed by atoms with Crippen molar-refractivity contribution in [2.45, 2.75) is 117 Å². The van der Waals surface area contributed by atoms with E-state index in [1.165, 1.54) is 26.7 Å². The number of hydrogen-bond donors (Lipinski definition) is 6. The number of carbonyl (C=O) groups excluding carboxylic acids is 7. The zero-order valence-corrected chi connectivity index (χ0v) is 42.9. The van der Waals surface area contributed by atoms with E-state index in [4.69, 9.17) is 10.5 Å². The zero-order valence-electron chi connectivity index (χ0n) is 42.9. The predicted octanol–water partition coefficient (Wildman–Crippen LogP) is 4.20. The van der Waals surface area contributed by atoms with Crippen molar-refractivity contribution in [1.29, 1.82) is 0 Å². The van der Waals surface area contributed by atoms with Crippen LogP contribution in [0.25, 0.3) is 10.9 Å². The Kier molecular flexibility index (Phi) is 19.4. The molecule has 4 aromatic rings. The van der Waals surface area contributed by atoms with Crippen molar-refractivity contribution in [3.05, 3.63) is 81.7 Å². The third kappa shape index (κ3) is 14.7. The van der Waals surface area contributed by atoms with Crippen LogP contribution in [0.2, 0.25) is 0 Å². The highest BCUT2D eigenvalue weighted by atomic mass is 19.1. The summed E-state index contributed by atoms with van der Waals surface area (Å²) < 4.78 is 24.0. The molecule has 2 aliphatic rings. The summed E-state index contributed by atoms with van der Waals surface area (Å²) in [5, 5.41) is 29.4. The van der Waals surface area contributed by atoms with Crippen LogP contribution in [0.5, 0.6) is 0 Å². The number of likely N-dealkylation sites (tertiary alicyclic amines) is 1. The molecule has 2 aromatic carbocycles. The fraction of sp³-hybridized carbons (Fsp3) is 0.510. The van der Waals surface area contributed by atoms with Crippen LogP contribution in [0.3, 0.4) is 0 Å². The molecule has 2 aliphatic heterocycles. The van der Waals surface area contributed by atoms with Gasteiger partial charge >= 0.3 is 18.1 Å². The number of rotatable bonds is 24. The molecule has 0 bridgehead atoms. The number of fused-ring (bicyclic) bond motifs is 1. The lowest BCUT2D eigenvalue weighted by atomic mass is 9.98. The first-order valence-corrected chi connectivity index (χ1v) is 25.3. The summed E-state index contributed by atoms with van der Waals surface area (Å²) in [7, 11) is 0. The number of amides is 8. The minimum absolute atomic E-state index is 0.0360. The van der Waals surface area contributed by atoms with Crippen molar-refractivity contribution in [2.75, 3.05) is 49.5 Å². The first-order chi connectivity index (χ1) is 35.8. The standard InChI is InChI=1S/C51H67FN12O11/c1-6-60-27-35(49(71)72)46(68)34-25-36(52)40(26-39(34)60)61-21-23-62(24-22-61)51(74)75-29-32-13-15-33(16-14-32)55-47(69)38(11-10-19-54-50(53)73)64-28-37(58-59-64)44(30(2)3)57-48(70)45(31(4)5)56-41(65)12-8-7-9-20-63-42(66)17-18-43(63)67/h13-16,25-28,30-31,38,44-45H,6-12,17-24,29H2,1-5H3,(H,55,69)(H,56,65)(H,57,70)(H,71,72)(H3,53,54,73)/t38?,44-,45?/m0/s1. The van der Waals surface area contributed by atoms with E-state index < -0.39 is 64.8 Å². The van der Waals surface area contributed by atoms with Crippen LogP contribution < -0.4 is 37.3 Å². The van der Waals surface area contributed by atoms with E-state index in [1.54, 1.807) is 46.9 Å². The molecule has 2 unspecified atom stereocenters. The predicted molar refractivity (Wildman–Crippen MR) is 273 cm³/mol. The van der Waals surface area contributed by atoms with Gasteiger partial charge in [-0.25, -0.2) is 23.5 Å². The summed E-state index contributed by atoms with van der Waals surface area (Å²) in [5.41, 5.74) is 6.10. The largest absolute Gasteiger partial charge is 0.477 e. The summed E-state index contributed by atoms with van der Waals surface area (Å²) in [5.74, 6) is -4.07. The number of aromatic nitrogens is 4. The van der Waals surface area contributed by atoms with Gasteiger partial charge in [0.05, 0.1) is 23.4 Å². The van der Waals surface area contributed by atoms with Crippen LogP contribution in [-0.4, -0.2) is 127 Å². The van der Waals surface area contributed by atoms with Crippen molar-refractivity contribution >= 4 is 69.9 Å². The summed E-state index contributed by atoms with van der Waals surface area (Å²) in [4.78, 5) is 118. The van der Waals surface area contributed by atoms with E-state index >= 15 is 4.39 Å². The van der Waals surface area contributed by atoms with Gasteiger partial charge in [0, 0.05) is 82.3 Å². The Hall–Kier alpha value is -7.92. The summed E-state index contributed by atoms with van der Waals surface area (Å²) in [6, 6.07) is 6.08. The Bertz CT molecular complexity index is 2790. The second-order valence-electron chi connectivity index (χ2n) is 19.3. The van der Waals surface area contributed by atoms with Gasteiger partial charge in [-0.1, -0.05) is 51.5 Å². The molecule has 75 heavy (non-hydrogen) atoms. The molecule has 24 heteroatoms. The molecular weight excluding hydrogens is 976 g/mol. The molecule has 3 atom stereocenters. The molecule has 2 aromatic heterocycles. The molecule has 404 valence electrons. The van der Waals surface area contributed by atoms with Crippen LogP contribution in [0, 0.1) is 17.7 Å². The molecule has 2 saturated heterocycles. The maximum Gasteiger partial charge on any atom is 0.410 e. The minimum Gasteiger partial charge on any atom is -0.477 e. The van der Waals surface area contributed by atoms with Crippen molar-refractivity contribution in [2.24, 2.45) is 17.6 Å². The molecule has 4 heterocycles. The van der Waals surface area contributed by atoms with Crippen LogP contribution in [0.4, 0.5) is 25.4 Å². The molecule has 0 saturated carbocycles. The van der Waals surface area contributed by atoms with Gasteiger partial charge in [-0.3, -0.25) is 33.7 Å². The first-order valence-electron chi connectivity index (χ1n) is 25.3. The number of piperazine rings is 1. The van der Waals surface area contributed by atoms with Gasteiger partial charge in [-0.15, -0.1) is 5.10 Å². The van der Waals surface area contributed by atoms with Gasteiger partial charge in [0.2, 0.25) is 35.0 Å². The number of carboxylic acids is 1. The number of carboxylic acid groups (broad SMARTS) is 1. The number of imide groups is 1. The second kappa shape index (κ2) is 25.8. The number of aryl methyl sites for hydroxylation is 1. The molecule has 6 rings (SSSR count). The van der Waals surface area contributed by atoms with Crippen molar-refractivity contribution < 1.29 is 52.6 Å².